The molecule has 2 aromatic carbocycles. The lowest BCUT2D eigenvalue weighted by atomic mass is 10.1. The molecule has 1 atom stereocenters. The lowest BCUT2D eigenvalue weighted by Crippen LogP contribution is -2.39. The van der Waals surface area contributed by atoms with Gasteiger partial charge in [0, 0.05) is 26.7 Å². The van der Waals surface area contributed by atoms with Gasteiger partial charge in [-0.1, -0.05) is 22.0 Å². The molecular formula is C15H15BrF2N2S. The van der Waals surface area contributed by atoms with Crippen LogP contribution in [0.2, 0.25) is 0 Å². The number of benzene rings is 2. The van der Waals surface area contributed by atoms with E-state index < -0.39 is 11.6 Å². The van der Waals surface area contributed by atoms with Crippen molar-refractivity contribution in [2.24, 2.45) is 5.84 Å². The zero-order chi connectivity index (χ0) is 15.2. The molecule has 0 aliphatic carbocycles. The van der Waals surface area contributed by atoms with Crippen LogP contribution in [0, 0.1) is 11.6 Å². The first-order valence-corrected chi connectivity index (χ1v) is 8.15. The van der Waals surface area contributed by atoms with E-state index in [9.17, 15) is 8.78 Å². The fourth-order valence-electron chi connectivity index (χ4n) is 1.87. The Kier molecular flexibility index (Phi) is 6.17. The van der Waals surface area contributed by atoms with Crippen LogP contribution >= 0.6 is 27.7 Å². The molecule has 0 aliphatic heterocycles. The normalized spacial score (nSPS) is 12.4. The summed E-state index contributed by atoms with van der Waals surface area (Å²) in [7, 11) is 0. The average Bonchev–Trinajstić information content (AvgIpc) is 2.48. The van der Waals surface area contributed by atoms with E-state index in [2.05, 4.69) is 21.4 Å². The summed E-state index contributed by atoms with van der Waals surface area (Å²) in [4.78, 5) is 1.08. The van der Waals surface area contributed by atoms with Crippen molar-refractivity contribution in [2.75, 3.05) is 5.75 Å². The fourth-order valence-corrected chi connectivity index (χ4v) is 3.07. The van der Waals surface area contributed by atoms with Crippen molar-refractivity contribution in [2.45, 2.75) is 17.4 Å². The predicted molar refractivity (Wildman–Crippen MR) is 86.0 cm³/mol. The summed E-state index contributed by atoms with van der Waals surface area (Å²) < 4.78 is 28.3. The molecule has 0 spiro atoms. The number of thioether (sulfide) groups is 1. The summed E-state index contributed by atoms with van der Waals surface area (Å²) in [6.07, 6.45) is 0.207. The van der Waals surface area contributed by atoms with Gasteiger partial charge in [0.2, 0.25) is 0 Å². The number of hydrogen-bond acceptors (Lipinski definition) is 3. The van der Waals surface area contributed by atoms with E-state index in [1.165, 1.54) is 18.2 Å². The lowest BCUT2D eigenvalue weighted by Gasteiger charge is -2.16. The van der Waals surface area contributed by atoms with Gasteiger partial charge in [-0.05, 0) is 42.8 Å². The molecule has 2 rings (SSSR count). The van der Waals surface area contributed by atoms with E-state index in [1.807, 2.05) is 24.3 Å². The second kappa shape index (κ2) is 7.89. The average molecular weight is 373 g/mol. The molecule has 3 N–H and O–H groups in total. The van der Waals surface area contributed by atoms with E-state index in [0.717, 1.165) is 9.37 Å². The monoisotopic (exact) mass is 372 g/mol. The van der Waals surface area contributed by atoms with Gasteiger partial charge in [-0.25, -0.2) is 8.78 Å². The number of halogens is 3. The summed E-state index contributed by atoms with van der Waals surface area (Å²) in [6.45, 7) is 0. The molecule has 2 nitrogen and oxygen atoms in total. The van der Waals surface area contributed by atoms with Crippen LogP contribution in [-0.4, -0.2) is 11.8 Å². The highest BCUT2D eigenvalue weighted by atomic mass is 79.9. The van der Waals surface area contributed by atoms with Gasteiger partial charge in [0.05, 0.1) is 0 Å². The maximum atomic E-state index is 13.6. The Labute approximate surface area is 135 Å². The van der Waals surface area contributed by atoms with Gasteiger partial charge in [0.15, 0.2) is 0 Å². The Morgan fingerprint density at radius 3 is 2.29 bits per heavy atom. The van der Waals surface area contributed by atoms with E-state index in [1.54, 1.807) is 11.8 Å². The summed E-state index contributed by atoms with van der Waals surface area (Å²) >= 11 is 4.96. The standard InChI is InChI=1S/C15H15BrF2N2S/c16-10-4-6-12(7-5-10)21-9-11(20-19)8-13-14(17)2-1-3-15(13)18/h1-7,11,20H,8-9,19H2. The maximum absolute atomic E-state index is 13.6. The molecule has 0 radical (unpaired) electrons. The molecule has 21 heavy (non-hydrogen) atoms. The lowest BCUT2D eigenvalue weighted by molar-refractivity contribution is 0.512. The zero-order valence-corrected chi connectivity index (χ0v) is 13.6. The molecule has 0 aliphatic rings. The van der Waals surface area contributed by atoms with E-state index in [4.69, 9.17) is 5.84 Å². The Bertz CT molecular complexity index is 572. The highest BCUT2D eigenvalue weighted by molar-refractivity contribution is 9.10. The fraction of sp³-hybridized carbons (Fsp3) is 0.200. The van der Waals surface area contributed by atoms with Crippen LogP contribution < -0.4 is 11.3 Å². The van der Waals surface area contributed by atoms with Crippen molar-refractivity contribution in [1.82, 2.24) is 5.43 Å². The van der Waals surface area contributed by atoms with Gasteiger partial charge in [-0.2, -0.15) is 0 Å². The molecule has 0 bridgehead atoms. The SMILES string of the molecule is NNC(CSc1ccc(Br)cc1)Cc1c(F)cccc1F. The molecule has 0 aromatic heterocycles. The molecule has 112 valence electrons. The number of nitrogens with one attached hydrogen (secondary N) is 1. The quantitative estimate of drug-likeness (QED) is 0.458. The number of nitrogens with two attached hydrogens (primary N) is 1. The minimum Gasteiger partial charge on any atom is -0.271 e. The third-order valence-corrected chi connectivity index (χ3v) is 4.72. The Balaban J connectivity index is 1.98. The van der Waals surface area contributed by atoms with Gasteiger partial charge in [-0.15, -0.1) is 11.8 Å². The molecule has 0 saturated heterocycles. The second-order valence-corrected chi connectivity index (χ2v) is 6.54. The van der Waals surface area contributed by atoms with Crippen molar-refractivity contribution in [3.05, 3.63) is 64.1 Å². The van der Waals surface area contributed by atoms with Gasteiger partial charge >= 0.3 is 0 Å². The third kappa shape index (κ3) is 4.78. The van der Waals surface area contributed by atoms with E-state index >= 15 is 0 Å². The summed E-state index contributed by atoms with van der Waals surface area (Å²) in [5, 5.41) is 0. The van der Waals surface area contributed by atoms with E-state index in [0.29, 0.717) is 5.75 Å². The van der Waals surface area contributed by atoms with Crippen molar-refractivity contribution >= 4 is 27.7 Å². The largest absolute Gasteiger partial charge is 0.271 e. The highest BCUT2D eigenvalue weighted by Crippen LogP contribution is 2.23. The van der Waals surface area contributed by atoms with Crippen molar-refractivity contribution < 1.29 is 8.78 Å². The van der Waals surface area contributed by atoms with Crippen LogP contribution in [0.25, 0.3) is 0 Å². The Morgan fingerprint density at radius 1 is 1.10 bits per heavy atom. The minimum absolute atomic E-state index is 0.0665. The van der Waals surface area contributed by atoms with Crippen LogP contribution in [0.5, 0.6) is 0 Å². The molecular weight excluding hydrogens is 358 g/mol. The first-order valence-electron chi connectivity index (χ1n) is 6.37. The van der Waals surface area contributed by atoms with Crippen LogP contribution in [0.1, 0.15) is 5.56 Å². The molecule has 0 heterocycles. The molecule has 0 fully saturated rings. The van der Waals surface area contributed by atoms with Crippen LogP contribution in [0.15, 0.2) is 51.8 Å². The molecule has 0 saturated carbocycles. The van der Waals surface area contributed by atoms with Gasteiger partial charge < -0.3 is 0 Å². The predicted octanol–water partition coefficient (Wildman–Crippen LogP) is 3.89. The van der Waals surface area contributed by atoms with Crippen LogP contribution in [-0.2, 0) is 6.42 Å². The molecule has 6 heteroatoms. The number of rotatable bonds is 6. The maximum Gasteiger partial charge on any atom is 0.129 e. The van der Waals surface area contributed by atoms with E-state index in [-0.39, 0.29) is 18.0 Å². The zero-order valence-electron chi connectivity index (χ0n) is 11.2. The molecule has 1 unspecified atom stereocenters. The van der Waals surface area contributed by atoms with Gasteiger partial charge in [-0.3, -0.25) is 11.3 Å². The Morgan fingerprint density at radius 2 is 1.71 bits per heavy atom. The summed E-state index contributed by atoms with van der Waals surface area (Å²) in [6, 6.07) is 11.5. The number of hydrogen-bond donors (Lipinski definition) is 2. The van der Waals surface area contributed by atoms with Gasteiger partial charge in [0.1, 0.15) is 11.6 Å². The minimum atomic E-state index is -0.538. The first-order chi connectivity index (χ1) is 10.1. The van der Waals surface area contributed by atoms with Crippen molar-refractivity contribution in [1.29, 1.82) is 0 Å². The smallest absolute Gasteiger partial charge is 0.129 e. The van der Waals surface area contributed by atoms with Crippen LogP contribution in [0.3, 0.4) is 0 Å². The molecule has 2 aromatic rings. The third-order valence-electron chi connectivity index (χ3n) is 3.01. The molecule has 0 amide bonds. The Hall–Kier alpha value is -0.950. The highest BCUT2D eigenvalue weighted by Gasteiger charge is 2.15. The van der Waals surface area contributed by atoms with Gasteiger partial charge in [0.25, 0.3) is 0 Å². The van der Waals surface area contributed by atoms with Crippen LogP contribution in [0.4, 0.5) is 8.78 Å². The number of hydrazine groups is 1. The summed E-state index contributed by atoms with van der Waals surface area (Å²) in [5.74, 6) is 5.03. The second-order valence-electron chi connectivity index (χ2n) is 4.53. The first kappa shape index (κ1) is 16.4. The topological polar surface area (TPSA) is 38.0 Å². The summed E-state index contributed by atoms with van der Waals surface area (Å²) in [5.41, 5.74) is 2.69. The van der Waals surface area contributed by atoms with Crippen molar-refractivity contribution in [3.63, 3.8) is 0 Å². The van der Waals surface area contributed by atoms with Crippen molar-refractivity contribution in [3.8, 4) is 0 Å².